The van der Waals surface area contributed by atoms with E-state index in [0.717, 1.165) is 4.47 Å². The molecule has 7 heteroatoms. The van der Waals surface area contributed by atoms with Crippen molar-refractivity contribution in [3.63, 3.8) is 0 Å². The number of fused-ring (bicyclic) bond motifs is 1. The smallest absolute Gasteiger partial charge is 0.272 e. The summed E-state index contributed by atoms with van der Waals surface area (Å²) in [6, 6.07) is 6.85. The summed E-state index contributed by atoms with van der Waals surface area (Å²) < 4.78 is 7.83. The summed E-state index contributed by atoms with van der Waals surface area (Å²) in [4.78, 5) is 23.5. The average molecular weight is 350 g/mol. The molecular weight excluding hydrogens is 338 g/mol. The molecule has 0 spiro atoms. The van der Waals surface area contributed by atoms with E-state index in [0.29, 0.717) is 22.8 Å². The number of carbonyl (C=O) groups is 2. The first-order chi connectivity index (χ1) is 10.0. The third-order valence-electron chi connectivity index (χ3n) is 3.07. The van der Waals surface area contributed by atoms with E-state index in [1.807, 2.05) is 0 Å². The van der Waals surface area contributed by atoms with E-state index in [2.05, 4.69) is 26.6 Å². The van der Waals surface area contributed by atoms with Gasteiger partial charge >= 0.3 is 0 Å². The molecule has 1 aromatic carbocycles. The third-order valence-corrected chi connectivity index (χ3v) is 3.51. The van der Waals surface area contributed by atoms with Gasteiger partial charge in [0.1, 0.15) is 11.4 Å². The van der Waals surface area contributed by atoms with Crippen molar-refractivity contribution in [2.45, 2.75) is 0 Å². The van der Waals surface area contributed by atoms with Gasteiger partial charge in [0, 0.05) is 23.4 Å². The zero-order valence-electron chi connectivity index (χ0n) is 11.1. The molecule has 6 nitrogen and oxygen atoms in total. The Morgan fingerprint density at radius 3 is 2.95 bits per heavy atom. The number of benzene rings is 1. The van der Waals surface area contributed by atoms with Crippen molar-refractivity contribution in [3.05, 3.63) is 40.6 Å². The highest BCUT2D eigenvalue weighted by Crippen LogP contribution is 2.30. The van der Waals surface area contributed by atoms with E-state index in [1.54, 1.807) is 42.1 Å². The van der Waals surface area contributed by atoms with E-state index in [9.17, 15) is 9.59 Å². The van der Waals surface area contributed by atoms with Crippen LogP contribution in [0.25, 0.3) is 0 Å². The van der Waals surface area contributed by atoms with Crippen LogP contribution in [0.3, 0.4) is 0 Å². The normalized spacial score (nSPS) is 13.1. The molecule has 1 aliphatic heterocycles. The highest BCUT2D eigenvalue weighted by Gasteiger charge is 2.17. The van der Waals surface area contributed by atoms with Crippen LogP contribution < -0.4 is 15.4 Å². The topological polar surface area (TPSA) is 72.4 Å². The number of amides is 2. The number of anilines is 2. The van der Waals surface area contributed by atoms with Crippen LogP contribution in [0.15, 0.2) is 34.9 Å². The number of hydrogen-bond acceptors (Lipinski definition) is 3. The summed E-state index contributed by atoms with van der Waals surface area (Å²) in [6.07, 6.45) is 1.80. The highest BCUT2D eigenvalue weighted by atomic mass is 79.9. The van der Waals surface area contributed by atoms with E-state index in [-0.39, 0.29) is 18.4 Å². The summed E-state index contributed by atoms with van der Waals surface area (Å²) in [7, 11) is 1.79. The lowest BCUT2D eigenvalue weighted by molar-refractivity contribution is -0.118. The van der Waals surface area contributed by atoms with Crippen LogP contribution in [-0.2, 0) is 11.8 Å². The molecule has 2 N–H and O–H groups in total. The molecular formula is C14H12BrN3O3. The van der Waals surface area contributed by atoms with Gasteiger partial charge < -0.3 is 19.9 Å². The number of ether oxygens (including phenoxy) is 1. The first-order valence-corrected chi connectivity index (χ1v) is 7.02. The molecule has 3 rings (SSSR count). The zero-order chi connectivity index (χ0) is 15.0. The lowest BCUT2D eigenvalue weighted by Crippen LogP contribution is -2.25. The third kappa shape index (κ3) is 2.78. The van der Waals surface area contributed by atoms with Crippen molar-refractivity contribution in [2.75, 3.05) is 17.2 Å². The van der Waals surface area contributed by atoms with Crippen molar-refractivity contribution < 1.29 is 14.3 Å². The largest absolute Gasteiger partial charge is 0.482 e. The van der Waals surface area contributed by atoms with Gasteiger partial charge in [-0.2, -0.15) is 0 Å². The van der Waals surface area contributed by atoms with Crippen molar-refractivity contribution >= 4 is 39.1 Å². The Kier molecular flexibility index (Phi) is 3.42. The second-order valence-electron chi connectivity index (χ2n) is 4.66. The molecule has 0 bridgehead atoms. The molecule has 1 aromatic heterocycles. The lowest BCUT2D eigenvalue weighted by atomic mass is 10.2. The maximum Gasteiger partial charge on any atom is 0.272 e. The van der Waals surface area contributed by atoms with Gasteiger partial charge in [-0.1, -0.05) is 0 Å². The van der Waals surface area contributed by atoms with Crippen molar-refractivity contribution in [2.24, 2.45) is 7.05 Å². The Hall–Kier alpha value is -2.28. The van der Waals surface area contributed by atoms with Gasteiger partial charge in [-0.3, -0.25) is 9.59 Å². The summed E-state index contributed by atoms with van der Waals surface area (Å²) in [5.41, 5.74) is 1.67. The van der Waals surface area contributed by atoms with Crippen LogP contribution in [0.1, 0.15) is 10.5 Å². The summed E-state index contributed by atoms with van der Waals surface area (Å²) in [5, 5.41) is 5.49. The Morgan fingerprint density at radius 1 is 1.43 bits per heavy atom. The molecule has 2 amide bonds. The SMILES string of the molecule is Cn1cc(Br)cc1C(=O)Nc1ccc2c(c1)NC(=O)CO2. The summed E-state index contributed by atoms with van der Waals surface area (Å²) >= 11 is 3.33. The fourth-order valence-electron chi connectivity index (χ4n) is 2.11. The van der Waals surface area contributed by atoms with Crippen molar-refractivity contribution in [1.29, 1.82) is 0 Å². The number of nitrogens with zero attached hydrogens (tertiary/aromatic N) is 1. The minimum absolute atomic E-state index is 0.0100. The van der Waals surface area contributed by atoms with Gasteiger partial charge in [0.15, 0.2) is 6.61 Å². The number of hydrogen-bond donors (Lipinski definition) is 2. The fraction of sp³-hybridized carbons (Fsp3) is 0.143. The maximum absolute atomic E-state index is 12.2. The molecule has 0 fully saturated rings. The molecule has 0 atom stereocenters. The van der Waals surface area contributed by atoms with Gasteiger partial charge in [-0.15, -0.1) is 0 Å². The number of aryl methyl sites for hydroxylation is 1. The number of rotatable bonds is 2. The van der Waals surface area contributed by atoms with E-state index >= 15 is 0 Å². The predicted molar refractivity (Wildman–Crippen MR) is 81.6 cm³/mol. The van der Waals surface area contributed by atoms with Crippen LogP contribution in [0, 0.1) is 0 Å². The zero-order valence-corrected chi connectivity index (χ0v) is 12.7. The van der Waals surface area contributed by atoms with Gasteiger partial charge in [-0.25, -0.2) is 0 Å². The summed E-state index contributed by atoms with van der Waals surface area (Å²) in [5.74, 6) is 0.151. The Bertz CT molecular complexity index is 739. The van der Waals surface area contributed by atoms with Gasteiger partial charge in [0.2, 0.25) is 0 Å². The molecule has 2 aromatic rings. The predicted octanol–water partition coefficient (Wildman–Crippen LogP) is 2.37. The quantitative estimate of drug-likeness (QED) is 0.874. The number of halogens is 1. The molecule has 0 unspecified atom stereocenters. The number of nitrogens with one attached hydrogen (secondary N) is 2. The van der Waals surface area contributed by atoms with Crippen LogP contribution in [-0.4, -0.2) is 23.0 Å². The number of aromatic nitrogens is 1. The van der Waals surface area contributed by atoms with Gasteiger partial charge in [0.05, 0.1) is 5.69 Å². The molecule has 0 saturated heterocycles. The lowest BCUT2D eigenvalue weighted by Gasteiger charge is -2.18. The second kappa shape index (κ2) is 5.25. The molecule has 0 aliphatic carbocycles. The molecule has 1 aliphatic rings. The van der Waals surface area contributed by atoms with Crippen molar-refractivity contribution in [3.8, 4) is 5.75 Å². The Morgan fingerprint density at radius 2 is 2.24 bits per heavy atom. The molecule has 0 radical (unpaired) electrons. The van der Waals surface area contributed by atoms with Gasteiger partial charge in [-0.05, 0) is 40.2 Å². The van der Waals surface area contributed by atoms with Crippen LogP contribution >= 0.6 is 15.9 Å². The first-order valence-electron chi connectivity index (χ1n) is 6.23. The number of carbonyl (C=O) groups excluding carboxylic acids is 2. The van der Waals surface area contributed by atoms with E-state index < -0.39 is 0 Å². The minimum atomic E-state index is -0.230. The van der Waals surface area contributed by atoms with Crippen molar-refractivity contribution in [1.82, 2.24) is 4.57 Å². The highest BCUT2D eigenvalue weighted by molar-refractivity contribution is 9.10. The van der Waals surface area contributed by atoms with Crippen LogP contribution in [0.2, 0.25) is 0 Å². The maximum atomic E-state index is 12.2. The van der Waals surface area contributed by atoms with Crippen LogP contribution in [0.5, 0.6) is 5.75 Å². The minimum Gasteiger partial charge on any atom is -0.482 e. The average Bonchev–Trinajstić information content (AvgIpc) is 2.77. The molecule has 2 heterocycles. The second-order valence-corrected chi connectivity index (χ2v) is 5.57. The first kappa shape index (κ1) is 13.7. The fourth-order valence-corrected chi connectivity index (χ4v) is 2.63. The van der Waals surface area contributed by atoms with E-state index in [1.165, 1.54) is 0 Å². The molecule has 21 heavy (non-hydrogen) atoms. The monoisotopic (exact) mass is 349 g/mol. The van der Waals surface area contributed by atoms with Gasteiger partial charge in [0.25, 0.3) is 11.8 Å². The molecule has 0 saturated carbocycles. The van der Waals surface area contributed by atoms with Crippen LogP contribution in [0.4, 0.5) is 11.4 Å². The Balaban J connectivity index is 1.82. The Labute approximate surface area is 129 Å². The van der Waals surface area contributed by atoms with E-state index in [4.69, 9.17) is 4.74 Å². The standard InChI is InChI=1S/C14H12BrN3O3/c1-18-6-8(15)4-11(18)14(20)16-9-2-3-12-10(5-9)17-13(19)7-21-12/h2-6H,7H2,1H3,(H,16,20)(H,17,19). The molecule has 108 valence electrons. The summed E-state index contributed by atoms with van der Waals surface area (Å²) in [6.45, 7) is 0.0100.